The highest BCUT2D eigenvalue weighted by atomic mass is 15.1. The summed E-state index contributed by atoms with van der Waals surface area (Å²) in [6, 6.07) is 58.8. The van der Waals surface area contributed by atoms with Crippen LogP contribution in [0.25, 0.3) is 44.3 Å². The lowest BCUT2D eigenvalue weighted by Gasteiger charge is -2.25. The van der Waals surface area contributed by atoms with E-state index in [1.807, 2.05) is 0 Å². The number of fused-ring (bicyclic) bond motifs is 4. The van der Waals surface area contributed by atoms with Crippen LogP contribution in [0.1, 0.15) is 23.5 Å². The fourth-order valence-corrected chi connectivity index (χ4v) is 7.46. The van der Waals surface area contributed by atoms with E-state index in [1.54, 1.807) is 0 Å². The molecule has 4 heteroatoms. The van der Waals surface area contributed by atoms with Crippen LogP contribution in [0, 0.1) is 0 Å². The van der Waals surface area contributed by atoms with Crippen molar-refractivity contribution >= 4 is 45.3 Å². The Morgan fingerprint density at radius 2 is 1.17 bits per heavy atom. The summed E-state index contributed by atoms with van der Waals surface area (Å²) in [6.07, 6.45) is 4.36. The summed E-state index contributed by atoms with van der Waals surface area (Å²) < 4.78 is 4.95. The number of aryl methyl sites for hydroxylation is 1. The number of hydrogen-bond donors (Lipinski definition) is 0. The second-order valence-corrected chi connectivity index (χ2v) is 12.3. The predicted molar refractivity (Wildman–Crippen MR) is 197 cm³/mol. The Bertz CT molecular complexity index is 2350. The van der Waals surface area contributed by atoms with Gasteiger partial charge < -0.3 is 4.48 Å². The highest BCUT2D eigenvalue weighted by molar-refractivity contribution is 6.84. The zero-order valence-electron chi connectivity index (χ0n) is 26.0. The molecule has 0 atom stereocenters. The quantitative estimate of drug-likeness (QED) is 0.175. The van der Waals surface area contributed by atoms with Gasteiger partial charge in [0, 0.05) is 27.9 Å². The van der Waals surface area contributed by atoms with Crippen LogP contribution >= 0.6 is 0 Å². The number of allylic oxidation sites excluding steroid dienone is 1. The van der Waals surface area contributed by atoms with Crippen LogP contribution in [0.5, 0.6) is 0 Å². The maximum Gasteiger partial charge on any atom is 0.328 e. The average molecular weight is 602 g/mol. The molecule has 0 fully saturated rings. The fourth-order valence-electron chi connectivity index (χ4n) is 7.46. The van der Waals surface area contributed by atoms with Gasteiger partial charge in [-0.15, -0.1) is 0 Å². The van der Waals surface area contributed by atoms with Gasteiger partial charge in [-0.3, -0.25) is 4.57 Å². The van der Waals surface area contributed by atoms with Crippen LogP contribution in [-0.4, -0.2) is 20.9 Å². The lowest BCUT2D eigenvalue weighted by atomic mass is 9.50. The Morgan fingerprint density at radius 3 is 1.87 bits per heavy atom. The average Bonchev–Trinajstić information content (AvgIpc) is 3.70. The minimum absolute atomic E-state index is 0.0364. The van der Waals surface area contributed by atoms with Gasteiger partial charge in [-0.25, -0.2) is 4.98 Å². The summed E-state index contributed by atoms with van der Waals surface area (Å²) in [5.41, 5.74) is 13.2. The Hall–Kier alpha value is -5.87. The topological polar surface area (TPSA) is 22.8 Å². The molecule has 0 N–H and O–H groups in total. The molecule has 2 aromatic heterocycles. The van der Waals surface area contributed by atoms with E-state index in [-0.39, 0.29) is 6.85 Å². The maximum atomic E-state index is 5.37. The number of nitrogens with zero attached hydrogens (tertiary/aromatic N) is 3. The molecule has 0 aliphatic heterocycles. The summed E-state index contributed by atoms with van der Waals surface area (Å²) in [5.74, 6) is 0.977. The third-order valence-electron chi connectivity index (χ3n) is 9.52. The van der Waals surface area contributed by atoms with Gasteiger partial charge in [-0.1, -0.05) is 150 Å². The molecule has 222 valence electrons. The van der Waals surface area contributed by atoms with Crippen LogP contribution < -0.4 is 10.9 Å². The summed E-state index contributed by atoms with van der Waals surface area (Å²) in [4.78, 5) is 5.37. The van der Waals surface area contributed by atoms with Gasteiger partial charge >= 0.3 is 6.85 Å². The summed E-state index contributed by atoms with van der Waals surface area (Å²) >= 11 is 0. The highest BCUT2D eigenvalue weighted by Gasteiger charge is 2.33. The van der Waals surface area contributed by atoms with Gasteiger partial charge in [0.15, 0.2) is 0 Å². The highest BCUT2D eigenvalue weighted by Crippen LogP contribution is 2.41. The normalized spacial score (nSPS) is 12.6. The Labute approximate surface area is 275 Å². The van der Waals surface area contributed by atoms with Crippen molar-refractivity contribution in [3.63, 3.8) is 0 Å². The molecule has 8 aromatic rings. The first kappa shape index (κ1) is 27.4. The van der Waals surface area contributed by atoms with E-state index < -0.39 is 0 Å². The molecule has 0 unspecified atom stereocenters. The predicted octanol–water partition coefficient (Wildman–Crippen LogP) is 8.68. The molecule has 2 heterocycles. The first-order chi connectivity index (χ1) is 23.3. The molecule has 47 heavy (non-hydrogen) atoms. The van der Waals surface area contributed by atoms with E-state index in [4.69, 9.17) is 4.98 Å². The van der Waals surface area contributed by atoms with Crippen molar-refractivity contribution < 1.29 is 0 Å². The zero-order valence-corrected chi connectivity index (χ0v) is 26.0. The summed E-state index contributed by atoms with van der Waals surface area (Å²) in [7, 11) is 0. The van der Waals surface area contributed by atoms with E-state index in [0.717, 1.165) is 35.4 Å². The van der Waals surface area contributed by atoms with Crippen molar-refractivity contribution in [1.82, 2.24) is 14.0 Å². The molecule has 0 saturated carbocycles. The fraction of sp³-hybridized carbons (Fsp3) is 0.0465. The Balaban J connectivity index is 1.39. The van der Waals surface area contributed by atoms with Gasteiger partial charge in [0.2, 0.25) is 0 Å². The van der Waals surface area contributed by atoms with E-state index >= 15 is 0 Å². The number of imidazole rings is 1. The number of aromatic nitrogens is 3. The molecule has 0 radical (unpaired) electrons. The number of hydrogen-bond acceptors (Lipinski definition) is 1. The molecule has 6 aromatic carbocycles. The van der Waals surface area contributed by atoms with Crippen LogP contribution in [0.15, 0.2) is 170 Å². The van der Waals surface area contributed by atoms with Crippen molar-refractivity contribution in [2.24, 2.45) is 0 Å². The third kappa shape index (κ3) is 4.64. The first-order valence-corrected chi connectivity index (χ1v) is 16.4. The van der Waals surface area contributed by atoms with Gasteiger partial charge in [-0.2, -0.15) is 0 Å². The molecule has 0 spiro atoms. The summed E-state index contributed by atoms with van der Waals surface area (Å²) in [5, 5.41) is 1.31. The SMILES string of the molecule is C1=C(c2nc3ccccc3n2-c2ccccc2)c2c(c3ccc(-c4ccccc4)cc3n2B(c2ccccc2)c2ccccc2)CC1. The number of benzene rings is 6. The van der Waals surface area contributed by atoms with Gasteiger partial charge in [0.1, 0.15) is 5.82 Å². The van der Waals surface area contributed by atoms with Crippen LogP contribution in [-0.2, 0) is 6.42 Å². The van der Waals surface area contributed by atoms with Crippen LogP contribution in [0.2, 0.25) is 0 Å². The molecule has 0 saturated heterocycles. The smallest absolute Gasteiger partial charge is 0.328 e. The lowest BCUT2D eigenvalue weighted by Crippen LogP contribution is -2.49. The Morgan fingerprint density at radius 1 is 0.553 bits per heavy atom. The van der Waals surface area contributed by atoms with Crippen molar-refractivity contribution in [2.45, 2.75) is 12.8 Å². The summed E-state index contributed by atoms with van der Waals surface area (Å²) in [6.45, 7) is -0.0364. The first-order valence-electron chi connectivity index (χ1n) is 16.4. The van der Waals surface area contributed by atoms with E-state index in [1.165, 1.54) is 49.8 Å². The monoisotopic (exact) mass is 601 g/mol. The number of para-hydroxylation sites is 3. The minimum atomic E-state index is -0.0364. The molecular formula is C43H32BN3. The molecule has 0 amide bonds. The van der Waals surface area contributed by atoms with E-state index in [2.05, 4.69) is 179 Å². The van der Waals surface area contributed by atoms with Crippen molar-refractivity contribution in [3.8, 4) is 16.8 Å². The maximum absolute atomic E-state index is 5.37. The van der Waals surface area contributed by atoms with Crippen LogP contribution in [0.4, 0.5) is 0 Å². The standard InChI is InChI=1S/C43H32BN3/c1-5-16-31(17-6-1)32-28-29-36-37-24-15-25-38(43-45-39-26-13-14-27-40(39)46(43)35-22-11-4-12-23-35)42(37)47(41(36)30-32)44(33-18-7-2-8-19-33)34-20-9-3-10-21-34/h1-14,16-23,25-30H,15,24H2. The number of rotatable bonds is 6. The second-order valence-electron chi connectivity index (χ2n) is 12.3. The van der Waals surface area contributed by atoms with Crippen molar-refractivity contribution in [2.75, 3.05) is 0 Å². The van der Waals surface area contributed by atoms with E-state index in [9.17, 15) is 0 Å². The third-order valence-corrected chi connectivity index (χ3v) is 9.52. The van der Waals surface area contributed by atoms with Gasteiger partial charge in [0.05, 0.1) is 11.0 Å². The Kier molecular flexibility index (Phi) is 6.71. The zero-order chi connectivity index (χ0) is 31.2. The molecule has 1 aliphatic rings. The second kappa shape index (κ2) is 11.5. The lowest BCUT2D eigenvalue weighted by molar-refractivity contribution is 0.954. The molecule has 9 rings (SSSR count). The van der Waals surface area contributed by atoms with Gasteiger partial charge in [-0.05, 0) is 59.9 Å². The molecule has 3 nitrogen and oxygen atoms in total. The molecule has 1 aliphatic carbocycles. The van der Waals surface area contributed by atoms with Gasteiger partial charge in [0.25, 0.3) is 0 Å². The van der Waals surface area contributed by atoms with Crippen molar-refractivity contribution in [3.05, 3.63) is 187 Å². The van der Waals surface area contributed by atoms with E-state index in [0.29, 0.717) is 0 Å². The molecule has 0 bridgehead atoms. The largest absolute Gasteiger partial charge is 0.376 e. The van der Waals surface area contributed by atoms with Crippen LogP contribution in [0.3, 0.4) is 0 Å². The molecular weight excluding hydrogens is 569 g/mol. The van der Waals surface area contributed by atoms with Crippen molar-refractivity contribution in [1.29, 1.82) is 0 Å². The minimum Gasteiger partial charge on any atom is -0.376 e.